The summed E-state index contributed by atoms with van der Waals surface area (Å²) in [5, 5.41) is 0. The normalized spacial score (nSPS) is 10.1. The first-order valence-electron chi connectivity index (χ1n) is 4.98. The van der Waals surface area contributed by atoms with Crippen LogP contribution >= 0.6 is 0 Å². The second-order valence-electron chi connectivity index (χ2n) is 3.25. The molecule has 2 rings (SSSR count). The molecule has 0 radical (unpaired) electrons. The van der Waals surface area contributed by atoms with E-state index in [-0.39, 0.29) is 5.75 Å². The first-order chi connectivity index (χ1) is 7.86. The Kier molecular flexibility index (Phi) is 3.43. The third-order valence-corrected chi connectivity index (χ3v) is 2.12. The van der Waals surface area contributed by atoms with Crippen molar-refractivity contribution in [2.75, 3.05) is 6.61 Å². The van der Waals surface area contributed by atoms with Crippen LogP contribution in [0.25, 0.3) is 0 Å². The van der Waals surface area contributed by atoms with Crippen molar-refractivity contribution in [1.82, 2.24) is 9.97 Å². The Morgan fingerprint density at radius 1 is 1.12 bits per heavy atom. The summed E-state index contributed by atoms with van der Waals surface area (Å²) in [6.45, 7) is 0.423. The molecule has 0 aromatic carbocycles. The van der Waals surface area contributed by atoms with Gasteiger partial charge in [-0.05, 0) is 29.8 Å². The van der Waals surface area contributed by atoms with Gasteiger partial charge in [0.25, 0.3) is 5.95 Å². The van der Waals surface area contributed by atoms with E-state index >= 15 is 0 Å². The standard InChI is InChI=1S/C12H11FN2O/c13-12-11(2-1-6-15-12)16-9-5-10-3-7-14-8-4-10/h1-4,6-8H,5,9H2. The van der Waals surface area contributed by atoms with Crippen LogP contribution < -0.4 is 4.74 Å². The van der Waals surface area contributed by atoms with Gasteiger partial charge in [-0.2, -0.15) is 4.39 Å². The van der Waals surface area contributed by atoms with Gasteiger partial charge in [0.2, 0.25) is 0 Å². The monoisotopic (exact) mass is 218 g/mol. The topological polar surface area (TPSA) is 35.0 Å². The Bertz CT molecular complexity index is 448. The van der Waals surface area contributed by atoms with E-state index in [1.54, 1.807) is 24.5 Å². The van der Waals surface area contributed by atoms with Gasteiger partial charge in [-0.25, -0.2) is 4.98 Å². The molecule has 4 heteroatoms. The van der Waals surface area contributed by atoms with Crippen molar-refractivity contribution in [2.45, 2.75) is 6.42 Å². The molecule has 0 aliphatic rings. The molecule has 0 N–H and O–H groups in total. The molecular formula is C12H11FN2O. The summed E-state index contributed by atoms with van der Waals surface area (Å²) in [5.74, 6) is -0.381. The number of aromatic nitrogens is 2. The lowest BCUT2D eigenvalue weighted by molar-refractivity contribution is 0.300. The maximum Gasteiger partial charge on any atom is 0.255 e. The molecule has 0 unspecified atom stereocenters. The summed E-state index contributed by atoms with van der Waals surface area (Å²) < 4.78 is 18.4. The maximum absolute atomic E-state index is 13.1. The summed E-state index contributed by atoms with van der Waals surface area (Å²) in [4.78, 5) is 7.42. The fraction of sp³-hybridized carbons (Fsp3) is 0.167. The molecule has 0 saturated carbocycles. The Morgan fingerprint density at radius 2 is 1.94 bits per heavy atom. The molecule has 0 amide bonds. The van der Waals surface area contributed by atoms with Crippen LogP contribution in [-0.2, 0) is 6.42 Å². The van der Waals surface area contributed by atoms with E-state index in [2.05, 4.69) is 9.97 Å². The number of rotatable bonds is 4. The van der Waals surface area contributed by atoms with Crippen molar-refractivity contribution in [2.24, 2.45) is 0 Å². The van der Waals surface area contributed by atoms with Crippen LogP contribution in [-0.4, -0.2) is 16.6 Å². The van der Waals surface area contributed by atoms with Gasteiger partial charge in [0.05, 0.1) is 6.61 Å². The first kappa shape index (κ1) is 10.5. The van der Waals surface area contributed by atoms with E-state index in [4.69, 9.17) is 4.74 Å². The number of hydrogen-bond acceptors (Lipinski definition) is 3. The Morgan fingerprint density at radius 3 is 2.69 bits per heavy atom. The summed E-state index contributed by atoms with van der Waals surface area (Å²) in [7, 11) is 0. The van der Waals surface area contributed by atoms with Crippen molar-refractivity contribution in [3.05, 3.63) is 54.4 Å². The first-order valence-corrected chi connectivity index (χ1v) is 4.98. The molecule has 0 aliphatic carbocycles. The lowest BCUT2D eigenvalue weighted by atomic mass is 10.2. The molecular weight excluding hydrogens is 207 g/mol. The molecule has 2 aromatic rings. The highest BCUT2D eigenvalue weighted by atomic mass is 19.1. The zero-order valence-electron chi connectivity index (χ0n) is 8.64. The second kappa shape index (κ2) is 5.21. The lowest BCUT2D eigenvalue weighted by Gasteiger charge is -2.05. The van der Waals surface area contributed by atoms with Crippen LogP contribution in [0.5, 0.6) is 5.75 Å². The molecule has 0 spiro atoms. The smallest absolute Gasteiger partial charge is 0.255 e. The zero-order chi connectivity index (χ0) is 11.2. The van der Waals surface area contributed by atoms with Crippen molar-refractivity contribution >= 4 is 0 Å². The average molecular weight is 218 g/mol. The number of hydrogen-bond donors (Lipinski definition) is 0. The van der Waals surface area contributed by atoms with Gasteiger partial charge < -0.3 is 4.74 Å². The van der Waals surface area contributed by atoms with Gasteiger partial charge in [0.15, 0.2) is 5.75 Å². The highest BCUT2D eigenvalue weighted by molar-refractivity contribution is 5.18. The van der Waals surface area contributed by atoms with Crippen LogP contribution in [0.4, 0.5) is 4.39 Å². The van der Waals surface area contributed by atoms with Crippen molar-refractivity contribution in [3.63, 3.8) is 0 Å². The quantitative estimate of drug-likeness (QED) is 0.738. The predicted octanol–water partition coefficient (Wildman–Crippen LogP) is 2.24. The summed E-state index contributed by atoms with van der Waals surface area (Å²) >= 11 is 0. The molecule has 2 heterocycles. The van der Waals surface area contributed by atoms with Crippen LogP contribution in [0.1, 0.15) is 5.56 Å². The molecule has 3 nitrogen and oxygen atoms in total. The minimum atomic E-state index is -0.572. The summed E-state index contributed by atoms with van der Waals surface area (Å²) in [6.07, 6.45) is 5.56. The van der Waals surface area contributed by atoms with Crippen molar-refractivity contribution in [1.29, 1.82) is 0 Å². The summed E-state index contributed by atoms with van der Waals surface area (Å²) in [5.41, 5.74) is 1.11. The fourth-order valence-corrected chi connectivity index (χ4v) is 1.31. The Hall–Kier alpha value is -1.97. The highest BCUT2D eigenvalue weighted by Gasteiger charge is 2.02. The van der Waals surface area contributed by atoms with E-state index in [1.165, 1.54) is 6.20 Å². The van der Waals surface area contributed by atoms with Crippen molar-refractivity contribution < 1.29 is 9.13 Å². The summed E-state index contributed by atoms with van der Waals surface area (Å²) in [6, 6.07) is 7.02. The lowest BCUT2D eigenvalue weighted by Crippen LogP contribution is -2.03. The third-order valence-electron chi connectivity index (χ3n) is 2.12. The highest BCUT2D eigenvalue weighted by Crippen LogP contribution is 2.13. The number of nitrogens with zero attached hydrogens (tertiary/aromatic N) is 2. The van der Waals surface area contributed by atoms with Gasteiger partial charge in [0, 0.05) is 25.0 Å². The molecule has 0 atom stereocenters. The van der Waals surface area contributed by atoms with Crippen LogP contribution in [0.15, 0.2) is 42.9 Å². The number of ether oxygens (including phenoxy) is 1. The fourth-order valence-electron chi connectivity index (χ4n) is 1.31. The zero-order valence-corrected chi connectivity index (χ0v) is 8.64. The SMILES string of the molecule is Fc1ncccc1OCCc1ccncc1. The Labute approximate surface area is 92.9 Å². The third kappa shape index (κ3) is 2.76. The average Bonchev–Trinajstić information content (AvgIpc) is 2.33. The molecule has 0 fully saturated rings. The minimum Gasteiger partial charge on any atom is -0.488 e. The molecule has 0 aliphatic heterocycles. The number of halogens is 1. The molecule has 2 aromatic heterocycles. The van der Waals surface area contributed by atoms with Gasteiger partial charge in [-0.3, -0.25) is 4.98 Å². The number of pyridine rings is 2. The largest absolute Gasteiger partial charge is 0.488 e. The van der Waals surface area contributed by atoms with Gasteiger partial charge in [-0.1, -0.05) is 0 Å². The van der Waals surface area contributed by atoms with E-state index in [0.717, 1.165) is 12.0 Å². The van der Waals surface area contributed by atoms with E-state index in [0.29, 0.717) is 6.61 Å². The minimum absolute atomic E-state index is 0.191. The van der Waals surface area contributed by atoms with Crippen LogP contribution in [0.2, 0.25) is 0 Å². The van der Waals surface area contributed by atoms with Gasteiger partial charge in [0.1, 0.15) is 0 Å². The maximum atomic E-state index is 13.1. The molecule has 0 bridgehead atoms. The molecule has 0 saturated heterocycles. The van der Waals surface area contributed by atoms with E-state index < -0.39 is 5.95 Å². The van der Waals surface area contributed by atoms with Gasteiger partial charge >= 0.3 is 0 Å². The molecule has 16 heavy (non-hydrogen) atoms. The second-order valence-corrected chi connectivity index (χ2v) is 3.25. The van der Waals surface area contributed by atoms with Crippen molar-refractivity contribution in [3.8, 4) is 5.75 Å². The van der Waals surface area contributed by atoms with Gasteiger partial charge in [-0.15, -0.1) is 0 Å². The predicted molar refractivity (Wildman–Crippen MR) is 57.6 cm³/mol. The van der Waals surface area contributed by atoms with E-state index in [1.807, 2.05) is 12.1 Å². The van der Waals surface area contributed by atoms with Crippen LogP contribution in [0.3, 0.4) is 0 Å². The van der Waals surface area contributed by atoms with Crippen LogP contribution in [0, 0.1) is 5.95 Å². The Balaban J connectivity index is 1.87. The van der Waals surface area contributed by atoms with E-state index in [9.17, 15) is 4.39 Å². The molecule has 82 valence electrons.